The third-order valence-electron chi connectivity index (χ3n) is 4.99. The van der Waals surface area contributed by atoms with E-state index >= 15 is 0 Å². The van der Waals surface area contributed by atoms with Crippen LogP contribution < -0.4 is 14.9 Å². The molecule has 0 aliphatic heterocycles. The van der Waals surface area contributed by atoms with E-state index in [9.17, 15) is 14.4 Å². The van der Waals surface area contributed by atoms with Crippen LogP contribution in [-0.2, 0) is 0 Å². The van der Waals surface area contributed by atoms with Crippen LogP contribution in [0.5, 0.6) is 11.5 Å². The fourth-order valence-electron chi connectivity index (χ4n) is 3.16. The standard InChI is InChI=1S/C28H18Cl2N2O5/c29-23-12-6-4-10-21(23)27(34)36-20-15-14-19(17-31-32-26(33)18-8-2-1-3-9-18)25(16-20)37-28(35)22-11-5-7-13-24(22)30/h1-17H,(H,32,33). The summed E-state index contributed by atoms with van der Waals surface area (Å²) in [4.78, 5) is 37.7. The highest BCUT2D eigenvalue weighted by Gasteiger charge is 2.17. The van der Waals surface area contributed by atoms with Crippen molar-refractivity contribution >= 4 is 47.3 Å². The van der Waals surface area contributed by atoms with E-state index in [1.165, 1.54) is 36.5 Å². The summed E-state index contributed by atoms with van der Waals surface area (Å²) < 4.78 is 11.0. The van der Waals surface area contributed by atoms with Crippen LogP contribution in [-0.4, -0.2) is 24.1 Å². The maximum absolute atomic E-state index is 12.8. The molecule has 0 radical (unpaired) electrons. The van der Waals surface area contributed by atoms with Crippen LogP contribution in [0.3, 0.4) is 0 Å². The van der Waals surface area contributed by atoms with Gasteiger partial charge in [0.25, 0.3) is 5.91 Å². The maximum Gasteiger partial charge on any atom is 0.345 e. The predicted molar refractivity (Wildman–Crippen MR) is 141 cm³/mol. The Bertz CT molecular complexity index is 1490. The second kappa shape index (κ2) is 12.0. The molecule has 0 aromatic heterocycles. The second-order valence-corrected chi connectivity index (χ2v) is 8.32. The average Bonchev–Trinajstić information content (AvgIpc) is 2.90. The fraction of sp³-hybridized carbons (Fsp3) is 0. The first-order valence-electron chi connectivity index (χ1n) is 10.9. The molecule has 4 aromatic rings. The molecule has 0 unspecified atom stereocenters. The minimum Gasteiger partial charge on any atom is -0.423 e. The largest absolute Gasteiger partial charge is 0.423 e. The van der Waals surface area contributed by atoms with Crippen molar-refractivity contribution in [1.29, 1.82) is 0 Å². The van der Waals surface area contributed by atoms with Gasteiger partial charge in [-0.05, 0) is 48.5 Å². The highest BCUT2D eigenvalue weighted by atomic mass is 35.5. The smallest absolute Gasteiger partial charge is 0.345 e. The molecule has 0 saturated heterocycles. The van der Waals surface area contributed by atoms with Crippen LogP contribution in [0, 0.1) is 0 Å². The van der Waals surface area contributed by atoms with E-state index < -0.39 is 17.8 Å². The lowest BCUT2D eigenvalue weighted by atomic mass is 10.2. The number of nitrogens with zero attached hydrogens (tertiary/aromatic N) is 1. The number of hydrogen-bond acceptors (Lipinski definition) is 6. The van der Waals surface area contributed by atoms with Gasteiger partial charge in [0.2, 0.25) is 0 Å². The Kier molecular flexibility index (Phi) is 8.30. The Morgan fingerprint density at radius 3 is 1.89 bits per heavy atom. The molecule has 4 rings (SSSR count). The zero-order valence-electron chi connectivity index (χ0n) is 19.1. The summed E-state index contributed by atoms with van der Waals surface area (Å²) in [6, 6.07) is 25.7. The molecule has 0 aliphatic carbocycles. The summed E-state index contributed by atoms with van der Waals surface area (Å²) in [6.07, 6.45) is 1.30. The highest BCUT2D eigenvalue weighted by molar-refractivity contribution is 6.34. The summed E-state index contributed by atoms with van der Waals surface area (Å²) in [5, 5.41) is 4.40. The number of amides is 1. The number of hydrogen-bond donors (Lipinski definition) is 1. The first kappa shape index (κ1) is 25.6. The average molecular weight is 533 g/mol. The molecule has 0 bridgehead atoms. The Balaban J connectivity index is 1.59. The quantitative estimate of drug-likeness (QED) is 0.132. The van der Waals surface area contributed by atoms with E-state index in [1.807, 2.05) is 0 Å². The molecule has 0 spiro atoms. The molecule has 0 fully saturated rings. The van der Waals surface area contributed by atoms with Crippen LogP contribution in [0.1, 0.15) is 36.6 Å². The number of ether oxygens (including phenoxy) is 2. The third kappa shape index (κ3) is 6.61. The molecule has 0 aliphatic rings. The SMILES string of the molecule is O=C(NN=Cc1ccc(OC(=O)c2ccccc2Cl)cc1OC(=O)c1ccccc1Cl)c1ccccc1. The summed E-state index contributed by atoms with van der Waals surface area (Å²) in [7, 11) is 0. The molecular weight excluding hydrogens is 515 g/mol. The van der Waals surface area contributed by atoms with Crippen molar-refractivity contribution in [3.05, 3.63) is 129 Å². The van der Waals surface area contributed by atoms with Crippen LogP contribution in [0.15, 0.2) is 102 Å². The number of hydrazone groups is 1. The number of benzene rings is 4. The lowest BCUT2D eigenvalue weighted by molar-refractivity contribution is 0.0732. The van der Waals surface area contributed by atoms with Gasteiger partial charge in [0.1, 0.15) is 11.5 Å². The molecule has 4 aromatic carbocycles. The number of rotatable bonds is 7. The topological polar surface area (TPSA) is 94.1 Å². The van der Waals surface area contributed by atoms with Crippen molar-refractivity contribution in [3.63, 3.8) is 0 Å². The van der Waals surface area contributed by atoms with Crippen LogP contribution in [0.2, 0.25) is 10.0 Å². The third-order valence-corrected chi connectivity index (χ3v) is 5.65. The van der Waals surface area contributed by atoms with Crippen molar-refractivity contribution in [2.75, 3.05) is 0 Å². The van der Waals surface area contributed by atoms with Gasteiger partial charge in [-0.25, -0.2) is 15.0 Å². The minimum absolute atomic E-state index is 0.0205. The van der Waals surface area contributed by atoms with Crippen LogP contribution >= 0.6 is 23.2 Å². The monoisotopic (exact) mass is 532 g/mol. The van der Waals surface area contributed by atoms with Gasteiger partial charge >= 0.3 is 11.9 Å². The molecule has 7 nitrogen and oxygen atoms in total. The van der Waals surface area contributed by atoms with Gasteiger partial charge in [0.05, 0.1) is 27.4 Å². The van der Waals surface area contributed by atoms with Gasteiger partial charge in [0, 0.05) is 17.2 Å². The Hall–Kier alpha value is -4.46. The highest BCUT2D eigenvalue weighted by Crippen LogP contribution is 2.27. The molecule has 1 amide bonds. The molecular formula is C28H18Cl2N2O5. The summed E-state index contributed by atoms with van der Waals surface area (Å²) in [5.41, 5.74) is 3.48. The Labute approximate surface area is 222 Å². The lowest BCUT2D eigenvalue weighted by Gasteiger charge is -2.11. The van der Waals surface area contributed by atoms with Crippen molar-refractivity contribution < 1.29 is 23.9 Å². The Morgan fingerprint density at radius 1 is 0.703 bits per heavy atom. The van der Waals surface area contributed by atoms with Gasteiger partial charge < -0.3 is 9.47 Å². The number of carbonyl (C=O) groups excluding carboxylic acids is 3. The Morgan fingerprint density at radius 2 is 1.27 bits per heavy atom. The molecule has 37 heavy (non-hydrogen) atoms. The first-order chi connectivity index (χ1) is 17.9. The molecule has 0 heterocycles. The first-order valence-corrected chi connectivity index (χ1v) is 11.6. The zero-order chi connectivity index (χ0) is 26.2. The van der Waals surface area contributed by atoms with Crippen molar-refractivity contribution in [3.8, 4) is 11.5 Å². The van der Waals surface area contributed by atoms with E-state index in [4.69, 9.17) is 32.7 Å². The van der Waals surface area contributed by atoms with Gasteiger partial charge in [0.15, 0.2) is 0 Å². The lowest BCUT2D eigenvalue weighted by Crippen LogP contribution is -2.17. The maximum atomic E-state index is 12.8. The van der Waals surface area contributed by atoms with Gasteiger partial charge in [-0.1, -0.05) is 65.7 Å². The number of nitrogens with one attached hydrogen (secondary N) is 1. The van der Waals surface area contributed by atoms with E-state index in [0.29, 0.717) is 11.1 Å². The van der Waals surface area contributed by atoms with E-state index in [1.54, 1.807) is 66.7 Å². The summed E-state index contributed by atoms with van der Waals surface area (Å²) in [5.74, 6) is -1.73. The predicted octanol–water partition coefficient (Wildman–Crippen LogP) is 6.20. The van der Waals surface area contributed by atoms with Crippen molar-refractivity contribution in [2.24, 2.45) is 5.10 Å². The molecule has 0 saturated carbocycles. The number of halogens is 2. The van der Waals surface area contributed by atoms with Crippen molar-refractivity contribution in [2.45, 2.75) is 0 Å². The van der Waals surface area contributed by atoms with Crippen LogP contribution in [0.25, 0.3) is 0 Å². The van der Waals surface area contributed by atoms with Crippen molar-refractivity contribution in [1.82, 2.24) is 5.43 Å². The van der Waals surface area contributed by atoms with Gasteiger partial charge in [-0.15, -0.1) is 0 Å². The molecule has 1 N–H and O–H groups in total. The van der Waals surface area contributed by atoms with Gasteiger partial charge in [-0.2, -0.15) is 5.10 Å². The molecule has 9 heteroatoms. The summed E-state index contributed by atoms with van der Waals surface area (Å²) >= 11 is 12.2. The number of esters is 2. The van der Waals surface area contributed by atoms with E-state index in [-0.39, 0.29) is 32.7 Å². The van der Waals surface area contributed by atoms with Gasteiger partial charge in [-0.3, -0.25) is 4.79 Å². The zero-order valence-corrected chi connectivity index (χ0v) is 20.6. The number of carbonyl (C=O) groups is 3. The summed E-state index contributed by atoms with van der Waals surface area (Å²) in [6.45, 7) is 0. The second-order valence-electron chi connectivity index (χ2n) is 7.50. The van der Waals surface area contributed by atoms with E-state index in [0.717, 1.165) is 0 Å². The van der Waals surface area contributed by atoms with E-state index in [2.05, 4.69) is 10.5 Å². The molecule has 0 atom stereocenters. The minimum atomic E-state index is -0.733. The molecule has 184 valence electrons. The van der Waals surface area contributed by atoms with Crippen LogP contribution in [0.4, 0.5) is 0 Å². The normalized spacial score (nSPS) is 10.6. The fourth-order valence-corrected chi connectivity index (χ4v) is 3.58.